The van der Waals surface area contributed by atoms with Crippen molar-refractivity contribution < 1.29 is 14.3 Å². The fourth-order valence-corrected chi connectivity index (χ4v) is 6.81. The number of fused-ring (bicyclic) bond motifs is 2. The fraction of sp³-hybridized carbons (Fsp3) is 0.618. The van der Waals surface area contributed by atoms with E-state index in [-0.39, 0.29) is 24.0 Å². The minimum absolute atomic E-state index is 0.0194. The smallest absolute Gasteiger partial charge is 0.410 e. The zero-order valence-electron chi connectivity index (χ0n) is 26.4. The van der Waals surface area contributed by atoms with Crippen LogP contribution >= 0.6 is 27.5 Å². The van der Waals surface area contributed by atoms with Crippen LogP contribution in [0.4, 0.5) is 4.79 Å². The number of benzene rings is 1. The van der Waals surface area contributed by atoms with Crippen LogP contribution in [0.1, 0.15) is 95.1 Å². The Morgan fingerprint density at radius 3 is 2.33 bits per heavy atom. The number of ether oxygens (including phenoxy) is 1. The molecule has 2 saturated heterocycles. The van der Waals surface area contributed by atoms with Crippen LogP contribution in [-0.2, 0) is 22.4 Å². The molecule has 43 heavy (non-hydrogen) atoms. The largest absolute Gasteiger partial charge is 0.444 e. The topological polar surface area (TPSA) is 74.8 Å². The summed E-state index contributed by atoms with van der Waals surface area (Å²) in [7, 11) is 0. The lowest BCUT2D eigenvalue weighted by Crippen LogP contribution is -2.45. The van der Waals surface area contributed by atoms with Crippen molar-refractivity contribution in [2.75, 3.05) is 32.7 Å². The number of aromatic nitrogens is 1. The molecule has 0 saturated carbocycles. The van der Waals surface area contributed by atoms with E-state index >= 15 is 0 Å². The van der Waals surface area contributed by atoms with Gasteiger partial charge in [-0.3, -0.25) is 14.7 Å². The molecular weight excluding hydrogens is 628 g/mol. The number of likely N-dealkylation sites (tertiary alicyclic amines) is 2. The normalized spacial score (nSPS) is 19.8. The zero-order chi connectivity index (χ0) is 31.1. The molecule has 3 aliphatic rings. The summed E-state index contributed by atoms with van der Waals surface area (Å²) in [5.74, 6) is 0.564. The molecule has 2 aromatic rings. The molecule has 1 atom stereocenters. The van der Waals surface area contributed by atoms with Crippen LogP contribution in [0.5, 0.6) is 0 Å². The van der Waals surface area contributed by atoms with Crippen molar-refractivity contribution >= 4 is 39.5 Å². The van der Waals surface area contributed by atoms with Gasteiger partial charge in [0, 0.05) is 41.2 Å². The number of pyridine rings is 1. The molecule has 2 fully saturated rings. The quantitative estimate of drug-likeness (QED) is 0.362. The molecule has 5 rings (SSSR count). The Balaban J connectivity index is 0.00000135. The van der Waals surface area contributed by atoms with Crippen LogP contribution in [0.25, 0.3) is 0 Å². The second-order valence-electron chi connectivity index (χ2n) is 13.1. The Morgan fingerprint density at radius 2 is 1.67 bits per heavy atom. The van der Waals surface area contributed by atoms with E-state index in [1.807, 2.05) is 33.0 Å². The van der Waals surface area contributed by atoms with Gasteiger partial charge in [0.2, 0.25) is 5.91 Å². The van der Waals surface area contributed by atoms with Crippen molar-refractivity contribution in [3.8, 4) is 0 Å². The van der Waals surface area contributed by atoms with Gasteiger partial charge in [-0.1, -0.05) is 37.9 Å². The molecule has 0 spiro atoms. The number of aryl methyl sites for hydroxylation is 2. The lowest BCUT2D eigenvalue weighted by molar-refractivity contribution is -0.126. The van der Waals surface area contributed by atoms with E-state index in [1.165, 1.54) is 23.1 Å². The van der Waals surface area contributed by atoms with E-state index in [1.54, 1.807) is 4.90 Å². The first-order valence-electron chi connectivity index (χ1n) is 15.9. The van der Waals surface area contributed by atoms with Gasteiger partial charge in [0.1, 0.15) is 5.60 Å². The van der Waals surface area contributed by atoms with E-state index in [0.717, 1.165) is 66.8 Å². The van der Waals surface area contributed by atoms with Crippen LogP contribution in [0.2, 0.25) is 5.02 Å². The minimum Gasteiger partial charge on any atom is -0.444 e. The Labute approximate surface area is 271 Å². The Kier molecular flexibility index (Phi) is 11.9. The number of halogens is 2. The Bertz CT molecular complexity index is 1200. The molecule has 0 radical (unpaired) electrons. The van der Waals surface area contributed by atoms with Crippen LogP contribution in [0.15, 0.2) is 34.9 Å². The van der Waals surface area contributed by atoms with Gasteiger partial charge < -0.3 is 15.0 Å². The molecule has 1 aromatic heterocycles. The summed E-state index contributed by atoms with van der Waals surface area (Å²) < 4.78 is 6.50. The van der Waals surface area contributed by atoms with Crippen molar-refractivity contribution in [1.82, 2.24) is 20.1 Å². The van der Waals surface area contributed by atoms with Gasteiger partial charge in [-0.05, 0) is 129 Å². The molecule has 9 heteroatoms. The first-order chi connectivity index (χ1) is 20.5. The summed E-state index contributed by atoms with van der Waals surface area (Å²) in [6.45, 7) is 13.6. The summed E-state index contributed by atoms with van der Waals surface area (Å²) in [6, 6.07) is 8.50. The molecule has 7 nitrogen and oxygen atoms in total. The van der Waals surface area contributed by atoms with Crippen LogP contribution in [0.3, 0.4) is 0 Å². The van der Waals surface area contributed by atoms with Crippen molar-refractivity contribution in [2.24, 2.45) is 11.8 Å². The fourth-order valence-electron chi connectivity index (χ4n) is 6.24. The number of nitrogens with one attached hydrogen (secondary N) is 1. The number of carbonyl (C=O) groups is 2. The minimum atomic E-state index is -0.484. The van der Waals surface area contributed by atoms with E-state index in [0.29, 0.717) is 25.6 Å². The molecule has 1 unspecified atom stereocenters. The highest BCUT2D eigenvalue weighted by atomic mass is 79.9. The summed E-state index contributed by atoms with van der Waals surface area (Å²) in [4.78, 5) is 34.6. The van der Waals surface area contributed by atoms with Gasteiger partial charge in [-0.15, -0.1) is 0 Å². The van der Waals surface area contributed by atoms with E-state index < -0.39 is 5.60 Å². The predicted octanol–water partition coefficient (Wildman–Crippen LogP) is 7.58. The van der Waals surface area contributed by atoms with Crippen LogP contribution in [-0.4, -0.2) is 65.1 Å². The molecule has 0 bridgehead atoms. The van der Waals surface area contributed by atoms with E-state index in [2.05, 4.69) is 58.2 Å². The number of hydrogen-bond acceptors (Lipinski definition) is 5. The maximum atomic E-state index is 13.1. The maximum absolute atomic E-state index is 13.1. The maximum Gasteiger partial charge on any atom is 0.410 e. The summed E-state index contributed by atoms with van der Waals surface area (Å²) >= 11 is 9.98. The Morgan fingerprint density at radius 1 is 1.02 bits per heavy atom. The predicted molar refractivity (Wildman–Crippen MR) is 176 cm³/mol. The second kappa shape index (κ2) is 15.2. The molecule has 3 heterocycles. The van der Waals surface area contributed by atoms with Gasteiger partial charge in [0.15, 0.2) is 0 Å². The molecule has 236 valence electrons. The SMILES string of the molecule is CC(C)(C)OC(=O)N1CCC(CNC(=O)C2CCN(C3c4ccc(Cl)cc4CCc4cc(Br)cnc43)CC2)CC1.CCC. The third-order valence-electron chi connectivity index (χ3n) is 8.39. The van der Waals surface area contributed by atoms with Crippen LogP contribution in [0, 0.1) is 11.8 Å². The summed E-state index contributed by atoms with van der Waals surface area (Å²) in [6.07, 6.45) is 8.19. The summed E-state index contributed by atoms with van der Waals surface area (Å²) in [5, 5.41) is 4.00. The zero-order valence-corrected chi connectivity index (χ0v) is 28.8. The third kappa shape index (κ3) is 9.18. The highest BCUT2D eigenvalue weighted by molar-refractivity contribution is 9.10. The first-order valence-corrected chi connectivity index (χ1v) is 17.1. The number of nitrogens with zero attached hydrogens (tertiary/aromatic N) is 3. The number of carbonyl (C=O) groups excluding carboxylic acids is 2. The molecule has 1 N–H and O–H groups in total. The van der Waals surface area contributed by atoms with Gasteiger partial charge >= 0.3 is 6.09 Å². The Hall–Kier alpha value is -2.16. The van der Waals surface area contributed by atoms with E-state index in [4.69, 9.17) is 21.3 Å². The van der Waals surface area contributed by atoms with Crippen molar-refractivity contribution in [3.05, 3.63) is 62.3 Å². The van der Waals surface area contributed by atoms with E-state index in [9.17, 15) is 9.59 Å². The summed E-state index contributed by atoms with van der Waals surface area (Å²) in [5.41, 5.74) is 4.46. The van der Waals surface area contributed by atoms with Gasteiger partial charge in [-0.25, -0.2) is 4.79 Å². The van der Waals surface area contributed by atoms with Crippen molar-refractivity contribution in [3.63, 3.8) is 0 Å². The number of amides is 2. The average Bonchev–Trinajstić information content (AvgIpc) is 3.12. The van der Waals surface area contributed by atoms with Gasteiger partial charge in [0.25, 0.3) is 0 Å². The second-order valence-corrected chi connectivity index (χ2v) is 14.5. The third-order valence-corrected chi connectivity index (χ3v) is 9.06. The number of rotatable bonds is 4. The average molecular weight is 676 g/mol. The number of piperidine rings is 2. The molecule has 2 amide bonds. The monoisotopic (exact) mass is 674 g/mol. The van der Waals surface area contributed by atoms with Crippen molar-refractivity contribution in [1.29, 1.82) is 0 Å². The molecule has 1 aliphatic carbocycles. The molecule has 2 aliphatic heterocycles. The lowest BCUT2D eigenvalue weighted by atomic mass is 9.90. The molecular formula is C34H48BrClN4O3. The van der Waals surface area contributed by atoms with Gasteiger partial charge in [-0.2, -0.15) is 0 Å². The standard InChI is InChI=1S/C31H40BrClN4O3.C3H8/c1-31(2,3)40-30(39)37-12-8-20(9-13-37)18-35-29(38)21-10-14-36(15-11-21)28-26-7-6-25(33)17-22(26)4-5-23-16-24(32)19-34-27(23)28;1-3-2/h6-7,16-17,19-21,28H,4-5,8-15,18H2,1-3H3,(H,35,38);3H2,1-2H3. The number of hydrogen-bond donors (Lipinski definition) is 1. The van der Waals surface area contributed by atoms with Gasteiger partial charge in [0.05, 0.1) is 11.7 Å². The molecule has 1 aromatic carbocycles. The van der Waals surface area contributed by atoms with Crippen molar-refractivity contribution in [2.45, 2.75) is 91.2 Å². The van der Waals surface area contributed by atoms with Crippen LogP contribution < -0.4 is 5.32 Å². The highest BCUT2D eigenvalue weighted by Crippen LogP contribution is 2.39. The highest BCUT2D eigenvalue weighted by Gasteiger charge is 2.35. The first kappa shape index (κ1) is 33.7. The lowest BCUT2D eigenvalue weighted by Gasteiger charge is -2.38.